The van der Waals surface area contributed by atoms with Gasteiger partial charge in [-0.15, -0.1) is 24.0 Å². The maximum Gasteiger partial charge on any atom is 0.191 e. The first-order valence-corrected chi connectivity index (χ1v) is 10.4. The molecule has 0 radical (unpaired) electrons. The molecular formula is C21H36IN5O. The fourth-order valence-electron chi connectivity index (χ4n) is 4.54. The largest absolute Gasteiger partial charge is 0.378 e. The quantitative estimate of drug-likeness (QED) is 0.340. The molecule has 1 aromatic heterocycles. The number of nitrogens with one attached hydrogen (secondary N) is 2. The number of halogens is 1. The van der Waals surface area contributed by atoms with E-state index in [1.165, 1.54) is 25.7 Å². The number of aliphatic imine (C=N–C) groups is 1. The predicted molar refractivity (Wildman–Crippen MR) is 127 cm³/mol. The molecule has 0 amide bonds. The predicted octanol–water partition coefficient (Wildman–Crippen LogP) is 3.56. The van der Waals surface area contributed by atoms with Gasteiger partial charge < -0.3 is 20.3 Å². The Morgan fingerprint density at radius 1 is 1.29 bits per heavy atom. The van der Waals surface area contributed by atoms with Crippen LogP contribution < -0.4 is 15.5 Å². The summed E-state index contributed by atoms with van der Waals surface area (Å²) in [6, 6.07) is 6.55. The topological polar surface area (TPSA) is 61.8 Å². The number of hydrogen-bond donors (Lipinski definition) is 2. The van der Waals surface area contributed by atoms with Crippen LogP contribution in [-0.4, -0.2) is 50.3 Å². The molecule has 0 aromatic carbocycles. The molecule has 2 aliphatic carbocycles. The van der Waals surface area contributed by atoms with Crippen LogP contribution >= 0.6 is 24.0 Å². The third-order valence-electron chi connectivity index (χ3n) is 5.99. The van der Waals surface area contributed by atoms with E-state index in [1.807, 2.05) is 37.2 Å². The van der Waals surface area contributed by atoms with Crippen LogP contribution in [0.3, 0.4) is 0 Å². The van der Waals surface area contributed by atoms with Crippen LogP contribution in [0.4, 0.5) is 5.82 Å². The minimum absolute atomic E-state index is 0. The van der Waals surface area contributed by atoms with E-state index >= 15 is 0 Å². The number of nitrogens with zero attached hydrogens (tertiary/aromatic N) is 3. The van der Waals surface area contributed by atoms with Gasteiger partial charge in [0.25, 0.3) is 0 Å². The van der Waals surface area contributed by atoms with Gasteiger partial charge in [0, 0.05) is 38.7 Å². The zero-order valence-electron chi connectivity index (χ0n) is 17.7. The standard InChI is InChI=1S/C21H35N5O.HI/c1-5-22-20(23-15-16-10-9-11-19(24-16)26(3)4)25-17-14-18(27-6-2)21(17)12-7-8-13-21;/h9-11,17-18H,5-8,12-15H2,1-4H3,(H2,22,23,25);1H. The average Bonchev–Trinajstić information content (AvgIpc) is 3.18. The van der Waals surface area contributed by atoms with E-state index in [1.54, 1.807) is 0 Å². The first-order chi connectivity index (χ1) is 13.1. The van der Waals surface area contributed by atoms with Crippen molar-refractivity contribution in [1.29, 1.82) is 0 Å². The van der Waals surface area contributed by atoms with Crippen molar-refractivity contribution >= 4 is 35.8 Å². The second kappa shape index (κ2) is 10.6. The maximum absolute atomic E-state index is 6.04. The lowest BCUT2D eigenvalue weighted by Crippen LogP contribution is -2.65. The average molecular weight is 501 g/mol. The minimum atomic E-state index is 0. The molecule has 2 aliphatic rings. The number of rotatable bonds is 7. The molecule has 7 heteroatoms. The molecule has 0 aliphatic heterocycles. The van der Waals surface area contributed by atoms with Gasteiger partial charge in [-0.2, -0.15) is 0 Å². The van der Waals surface area contributed by atoms with Gasteiger partial charge in [0.05, 0.1) is 18.3 Å². The van der Waals surface area contributed by atoms with Crippen molar-refractivity contribution in [2.75, 3.05) is 32.1 Å². The lowest BCUT2D eigenvalue weighted by Gasteiger charge is -2.54. The Hall–Kier alpha value is -1.09. The summed E-state index contributed by atoms with van der Waals surface area (Å²) in [6.45, 7) is 6.44. The summed E-state index contributed by atoms with van der Waals surface area (Å²) in [5, 5.41) is 7.11. The number of guanidine groups is 1. The zero-order valence-corrected chi connectivity index (χ0v) is 20.0. The van der Waals surface area contributed by atoms with Crippen molar-refractivity contribution in [1.82, 2.24) is 15.6 Å². The SMILES string of the molecule is CCNC(=NCc1cccc(N(C)C)n1)NC1CC(OCC)C12CCCC2.I. The highest BCUT2D eigenvalue weighted by Crippen LogP contribution is 2.54. The summed E-state index contributed by atoms with van der Waals surface area (Å²) < 4.78 is 6.04. The lowest BCUT2D eigenvalue weighted by molar-refractivity contribution is -0.125. The minimum Gasteiger partial charge on any atom is -0.378 e. The molecule has 2 N–H and O–H groups in total. The van der Waals surface area contributed by atoms with Crippen LogP contribution in [0.1, 0.15) is 51.6 Å². The smallest absolute Gasteiger partial charge is 0.191 e. The highest BCUT2D eigenvalue weighted by Gasteiger charge is 2.56. The number of aromatic nitrogens is 1. The van der Waals surface area contributed by atoms with Crippen molar-refractivity contribution in [2.45, 2.75) is 64.6 Å². The number of hydrogen-bond acceptors (Lipinski definition) is 4. The third kappa shape index (κ3) is 5.09. The Bertz CT molecular complexity index is 645. The molecule has 3 rings (SSSR count). The molecule has 2 fully saturated rings. The molecule has 0 bridgehead atoms. The van der Waals surface area contributed by atoms with E-state index in [2.05, 4.69) is 29.5 Å². The van der Waals surface area contributed by atoms with Crippen molar-refractivity contribution < 1.29 is 4.74 Å². The van der Waals surface area contributed by atoms with Crippen molar-refractivity contribution in [3.05, 3.63) is 23.9 Å². The van der Waals surface area contributed by atoms with Crippen molar-refractivity contribution in [3.8, 4) is 0 Å². The summed E-state index contributed by atoms with van der Waals surface area (Å²) >= 11 is 0. The molecule has 1 spiro atoms. The van der Waals surface area contributed by atoms with E-state index in [0.717, 1.165) is 37.0 Å². The summed E-state index contributed by atoms with van der Waals surface area (Å²) in [5.74, 6) is 1.85. The molecule has 0 saturated heterocycles. The fraction of sp³-hybridized carbons (Fsp3) is 0.714. The van der Waals surface area contributed by atoms with Crippen LogP contribution in [-0.2, 0) is 11.3 Å². The van der Waals surface area contributed by atoms with Gasteiger partial charge in [0.15, 0.2) is 5.96 Å². The molecule has 2 saturated carbocycles. The van der Waals surface area contributed by atoms with Crippen LogP contribution in [0, 0.1) is 5.41 Å². The van der Waals surface area contributed by atoms with Gasteiger partial charge in [0.2, 0.25) is 0 Å². The Labute approximate surface area is 186 Å². The van der Waals surface area contributed by atoms with E-state index < -0.39 is 0 Å². The summed E-state index contributed by atoms with van der Waals surface area (Å²) in [5.41, 5.74) is 1.28. The van der Waals surface area contributed by atoms with Crippen molar-refractivity contribution in [2.24, 2.45) is 10.4 Å². The van der Waals surface area contributed by atoms with E-state index in [4.69, 9.17) is 9.73 Å². The molecule has 2 atom stereocenters. The second-order valence-electron chi connectivity index (χ2n) is 7.89. The normalized spacial score (nSPS) is 23.1. The zero-order chi connectivity index (χ0) is 19.3. The number of pyridine rings is 1. The highest BCUT2D eigenvalue weighted by molar-refractivity contribution is 14.0. The maximum atomic E-state index is 6.04. The fourth-order valence-corrected chi connectivity index (χ4v) is 4.54. The molecule has 6 nitrogen and oxygen atoms in total. The number of anilines is 1. The van der Waals surface area contributed by atoms with Gasteiger partial charge in [-0.3, -0.25) is 0 Å². The van der Waals surface area contributed by atoms with E-state index in [9.17, 15) is 0 Å². The van der Waals surface area contributed by atoms with Crippen molar-refractivity contribution in [3.63, 3.8) is 0 Å². The Kier molecular flexibility index (Phi) is 8.80. The monoisotopic (exact) mass is 501 g/mol. The van der Waals surface area contributed by atoms with Gasteiger partial charge in [-0.1, -0.05) is 18.9 Å². The third-order valence-corrected chi connectivity index (χ3v) is 5.99. The summed E-state index contributed by atoms with van der Waals surface area (Å²) in [4.78, 5) is 11.5. The molecule has 158 valence electrons. The van der Waals surface area contributed by atoms with E-state index in [-0.39, 0.29) is 24.0 Å². The van der Waals surface area contributed by atoms with Gasteiger partial charge >= 0.3 is 0 Å². The van der Waals surface area contributed by atoms with Crippen LogP contribution in [0.25, 0.3) is 0 Å². The second-order valence-corrected chi connectivity index (χ2v) is 7.89. The van der Waals surface area contributed by atoms with Gasteiger partial charge in [0.1, 0.15) is 5.82 Å². The van der Waals surface area contributed by atoms with Gasteiger partial charge in [-0.25, -0.2) is 9.98 Å². The van der Waals surface area contributed by atoms with Crippen LogP contribution in [0.2, 0.25) is 0 Å². The first kappa shape index (κ1) is 23.2. The van der Waals surface area contributed by atoms with Crippen LogP contribution in [0.5, 0.6) is 0 Å². The Morgan fingerprint density at radius 3 is 2.68 bits per heavy atom. The Morgan fingerprint density at radius 2 is 2.04 bits per heavy atom. The summed E-state index contributed by atoms with van der Waals surface area (Å²) in [7, 11) is 4.01. The lowest BCUT2D eigenvalue weighted by atomic mass is 9.60. The summed E-state index contributed by atoms with van der Waals surface area (Å²) in [6.07, 6.45) is 6.64. The van der Waals surface area contributed by atoms with Crippen LogP contribution in [0.15, 0.2) is 23.2 Å². The first-order valence-electron chi connectivity index (χ1n) is 10.4. The van der Waals surface area contributed by atoms with E-state index in [0.29, 0.717) is 24.1 Å². The molecule has 28 heavy (non-hydrogen) atoms. The molecule has 1 aromatic rings. The number of ether oxygens (including phenoxy) is 1. The molecule has 2 unspecified atom stereocenters. The highest BCUT2D eigenvalue weighted by atomic mass is 127. The van der Waals surface area contributed by atoms with Gasteiger partial charge in [-0.05, 0) is 45.2 Å². The Balaban J connectivity index is 0.00000280. The molecule has 1 heterocycles. The molecular weight excluding hydrogens is 465 g/mol.